The van der Waals surface area contributed by atoms with Crippen LogP contribution in [0.1, 0.15) is 24.3 Å². The highest BCUT2D eigenvalue weighted by atomic mass is 35.5. The van der Waals surface area contributed by atoms with E-state index in [1.54, 1.807) is 12.1 Å². The molecule has 2 N–H and O–H groups in total. The molecular formula is C24H28ClN3O3. The summed E-state index contributed by atoms with van der Waals surface area (Å²) in [4.78, 5) is 17.5. The van der Waals surface area contributed by atoms with Gasteiger partial charge in [-0.15, -0.1) is 0 Å². The van der Waals surface area contributed by atoms with Crippen molar-refractivity contribution in [2.45, 2.75) is 30.8 Å². The van der Waals surface area contributed by atoms with Crippen LogP contribution in [0, 0.1) is 5.92 Å². The molecule has 2 fully saturated rings. The van der Waals surface area contributed by atoms with Gasteiger partial charge in [-0.05, 0) is 48.6 Å². The number of benzene rings is 2. The zero-order valence-electron chi connectivity index (χ0n) is 17.4. The molecule has 2 aromatic rings. The van der Waals surface area contributed by atoms with Crippen LogP contribution in [-0.2, 0) is 4.74 Å². The Morgan fingerprint density at radius 2 is 1.97 bits per heavy atom. The van der Waals surface area contributed by atoms with Gasteiger partial charge in [0.25, 0.3) is 0 Å². The van der Waals surface area contributed by atoms with Crippen LogP contribution < -0.4 is 10.2 Å². The molecule has 0 unspecified atom stereocenters. The molecule has 0 radical (unpaired) electrons. The van der Waals surface area contributed by atoms with Crippen LogP contribution in [0.15, 0.2) is 48.5 Å². The van der Waals surface area contributed by atoms with Crippen molar-refractivity contribution in [1.29, 1.82) is 0 Å². The number of nitrogens with zero attached hydrogens (tertiary/aromatic N) is 2. The number of para-hydroxylation sites is 1. The third-order valence-electron chi connectivity index (χ3n) is 6.96. The van der Waals surface area contributed by atoms with Crippen molar-refractivity contribution in [3.05, 3.63) is 59.1 Å². The minimum absolute atomic E-state index is 0.104. The number of rotatable bonds is 4. The van der Waals surface area contributed by atoms with E-state index in [0.29, 0.717) is 23.2 Å². The van der Waals surface area contributed by atoms with E-state index in [0.717, 1.165) is 43.9 Å². The molecule has 3 aliphatic rings. The molecule has 0 bridgehead atoms. The van der Waals surface area contributed by atoms with Crippen molar-refractivity contribution < 1.29 is 14.6 Å². The van der Waals surface area contributed by atoms with Crippen LogP contribution in [0.25, 0.3) is 0 Å². The summed E-state index contributed by atoms with van der Waals surface area (Å²) in [7, 11) is 0. The Morgan fingerprint density at radius 3 is 2.74 bits per heavy atom. The smallest absolute Gasteiger partial charge is 0.326 e. The summed E-state index contributed by atoms with van der Waals surface area (Å²) in [6, 6.07) is 15.4. The summed E-state index contributed by atoms with van der Waals surface area (Å²) in [5.41, 5.74) is 2.74. The molecule has 2 aromatic carbocycles. The highest BCUT2D eigenvalue weighted by molar-refractivity contribution is 6.30. The number of aliphatic hydroxyl groups is 1. The van der Waals surface area contributed by atoms with Crippen molar-refractivity contribution in [2.75, 3.05) is 43.1 Å². The topological polar surface area (TPSA) is 65.0 Å². The molecule has 3 atom stereocenters. The van der Waals surface area contributed by atoms with Gasteiger partial charge in [0, 0.05) is 60.7 Å². The average Bonchev–Trinajstić information content (AvgIpc) is 2.78. The number of carbonyl (C=O) groups excluding carboxylic acids is 1. The van der Waals surface area contributed by atoms with Crippen molar-refractivity contribution in [2.24, 2.45) is 5.92 Å². The summed E-state index contributed by atoms with van der Waals surface area (Å²) in [6.07, 6.45) is 2.11. The first-order chi connectivity index (χ1) is 15.2. The van der Waals surface area contributed by atoms with Gasteiger partial charge in [-0.2, -0.15) is 0 Å². The van der Waals surface area contributed by atoms with Crippen molar-refractivity contribution >= 4 is 29.0 Å². The normalized spacial score (nSPS) is 26.0. The Kier molecular flexibility index (Phi) is 5.89. The zero-order chi connectivity index (χ0) is 21.4. The minimum atomic E-state index is -0.161. The maximum atomic E-state index is 13.3. The molecule has 2 saturated heterocycles. The molecule has 0 aliphatic carbocycles. The molecule has 3 aliphatic heterocycles. The molecule has 6 nitrogen and oxygen atoms in total. The summed E-state index contributed by atoms with van der Waals surface area (Å²) in [5.74, 6) is 0.825. The predicted octanol–water partition coefficient (Wildman–Crippen LogP) is 3.95. The lowest BCUT2D eigenvalue weighted by molar-refractivity contribution is -0.0622. The van der Waals surface area contributed by atoms with Crippen LogP contribution in [0.5, 0.6) is 0 Å². The number of halogens is 1. The van der Waals surface area contributed by atoms with Crippen molar-refractivity contribution in [3.8, 4) is 0 Å². The highest BCUT2D eigenvalue weighted by Gasteiger charge is 2.53. The predicted molar refractivity (Wildman–Crippen MR) is 122 cm³/mol. The first-order valence-electron chi connectivity index (χ1n) is 11.0. The third-order valence-corrected chi connectivity index (χ3v) is 7.19. The highest BCUT2D eigenvalue weighted by Crippen LogP contribution is 2.48. The summed E-state index contributed by atoms with van der Waals surface area (Å²) >= 11 is 6.09. The van der Waals surface area contributed by atoms with Crippen molar-refractivity contribution in [1.82, 2.24) is 4.90 Å². The number of aliphatic hydroxyl groups excluding tert-OH is 1. The lowest BCUT2D eigenvalue weighted by Gasteiger charge is -2.59. The average molecular weight is 442 g/mol. The molecule has 2 amide bonds. The fourth-order valence-corrected chi connectivity index (χ4v) is 5.60. The summed E-state index contributed by atoms with van der Waals surface area (Å²) in [6.45, 7) is 3.31. The van der Waals surface area contributed by atoms with Gasteiger partial charge < -0.3 is 15.2 Å². The molecule has 0 saturated carbocycles. The van der Waals surface area contributed by atoms with E-state index in [4.69, 9.17) is 16.3 Å². The summed E-state index contributed by atoms with van der Waals surface area (Å²) in [5, 5.41) is 13.8. The molecule has 31 heavy (non-hydrogen) atoms. The van der Waals surface area contributed by atoms with Gasteiger partial charge in [0.05, 0.1) is 6.61 Å². The third kappa shape index (κ3) is 3.94. The number of urea groups is 1. The Labute approximate surface area is 187 Å². The van der Waals surface area contributed by atoms with E-state index in [2.05, 4.69) is 16.3 Å². The molecule has 5 rings (SSSR count). The molecule has 7 heteroatoms. The van der Waals surface area contributed by atoms with E-state index in [1.807, 2.05) is 35.2 Å². The van der Waals surface area contributed by atoms with E-state index in [9.17, 15) is 9.90 Å². The number of fused-ring (bicyclic) bond motifs is 3. The van der Waals surface area contributed by atoms with Crippen LogP contribution in [0.3, 0.4) is 0 Å². The largest absolute Gasteiger partial charge is 0.395 e. The fraction of sp³-hybridized carbons (Fsp3) is 0.458. The van der Waals surface area contributed by atoms with Gasteiger partial charge in [-0.25, -0.2) is 4.79 Å². The maximum absolute atomic E-state index is 13.3. The second kappa shape index (κ2) is 8.79. The van der Waals surface area contributed by atoms with Gasteiger partial charge in [0.2, 0.25) is 0 Å². The number of ether oxygens (including phenoxy) is 1. The molecular weight excluding hydrogens is 414 g/mol. The van der Waals surface area contributed by atoms with E-state index in [-0.39, 0.29) is 30.6 Å². The summed E-state index contributed by atoms with van der Waals surface area (Å²) < 4.78 is 5.51. The number of anilines is 2. The quantitative estimate of drug-likeness (QED) is 0.754. The molecule has 3 heterocycles. The second-order valence-corrected chi connectivity index (χ2v) is 9.14. The van der Waals surface area contributed by atoms with Crippen LogP contribution >= 0.6 is 11.6 Å². The zero-order valence-corrected chi connectivity index (χ0v) is 18.2. The number of hydrogen-bond acceptors (Lipinski definition) is 4. The Bertz CT molecular complexity index is 949. The SMILES string of the molecule is O=C(Nc1cccc(Cl)c1)N1C[C@@H]2[C@@H](c3ccccc31)[C@@H](CO)N2CC1CCOCC1. The van der Waals surface area contributed by atoms with Crippen molar-refractivity contribution in [3.63, 3.8) is 0 Å². The number of hydrogen-bond donors (Lipinski definition) is 2. The Balaban J connectivity index is 1.39. The second-order valence-electron chi connectivity index (χ2n) is 8.71. The monoisotopic (exact) mass is 441 g/mol. The fourth-order valence-electron chi connectivity index (χ4n) is 5.41. The van der Waals surface area contributed by atoms with Crippen LogP contribution in [0.2, 0.25) is 5.02 Å². The lowest BCUT2D eigenvalue weighted by Crippen LogP contribution is -2.70. The van der Waals surface area contributed by atoms with Crippen LogP contribution in [0.4, 0.5) is 16.2 Å². The molecule has 0 spiro atoms. The van der Waals surface area contributed by atoms with Gasteiger partial charge >= 0.3 is 6.03 Å². The van der Waals surface area contributed by atoms with E-state index in [1.165, 1.54) is 0 Å². The van der Waals surface area contributed by atoms with E-state index >= 15 is 0 Å². The Hall–Kier alpha value is -2.12. The van der Waals surface area contributed by atoms with Crippen LogP contribution in [-0.4, -0.2) is 61.0 Å². The number of amides is 2. The number of carbonyl (C=O) groups is 1. The first kappa shape index (κ1) is 20.8. The maximum Gasteiger partial charge on any atom is 0.326 e. The van der Waals surface area contributed by atoms with Gasteiger partial charge in [0.15, 0.2) is 0 Å². The standard InChI is InChI=1S/C24H28ClN3O3/c25-17-4-3-5-18(12-17)26-24(30)28-14-21-23(19-6-1-2-7-20(19)28)22(15-29)27(21)13-16-8-10-31-11-9-16/h1-7,12,16,21-23,29H,8-11,13-15H2,(H,26,30)/t21-,22-,23-/m1/s1. The molecule has 0 aromatic heterocycles. The lowest BCUT2D eigenvalue weighted by atomic mass is 9.71. The van der Waals surface area contributed by atoms with Gasteiger partial charge in [-0.3, -0.25) is 9.80 Å². The first-order valence-corrected chi connectivity index (χ1v) is 11.4. The number of likely N-dealkylation sites (tertiary alicyclic amines) is 1. The van der Waals surface area contributed by atoms with Gasteiger partial charge in [0.1, 0.15) is 0 Å². The molecule has 164 valence electrons. The van der Waals surface area contributed by atoms with Gasteiger partial charge in [-0.1, -0.05) is 35.9 Å². The Morgan fingerprint density at radius 1 is 1.16 bits per heavy atom. The minimum Gasteiger partial charge on any atom is -0.395 e. The number of nitrogens with one attached hydrogen (secondary N) is 1. The van der Waals surface area contributed by atoms with E-state index < -0.39 is 0 Å².